The molecular formula is C21H34N4O. The van der Waals surface area contributed by atoms with Crippen molar-refractivity contribution in [1.82, 2.24) is 5.32 Å². The van der Waals surface area contributed by atoms with E-state index in [1.165, 1.54) is 29.5 Å². The fraction of sp³-hybridized carbons (Fsp3) is 0.667. The van der Waals surface area contributed by atoms with Crippen LogP contribution in [0.2, 0.25) is 0 Å². The zero-order valence-electron chi connectivity index (χ0n) is 16.5. The van der Waals surface area contributed by atoms with Gasteiger partial charge >= 0.3 is 0 Å². The summed E-state index contributed by atoms with van der Waals surface area (Å²) < 4.78 is 5.74. The summed E-state index contributed by atoms with van der Waals surface area (Å²) in [6.45, 7) is 7.98. The molecule has 5 nitrogen and oxygen atoms in total. The molecule has 2 fully saturated rings. The number of aliphatic imine (C=N–C) groups is 1. The van der Waals surface area contributed by atoms with Crippen LogP contribution < -0.4 is 16.4 Å². The zero-order valence-corrected chi connectivity index (χ0v) is 16.5. The molecule has 1 saturated carbocycles. The first-order chi connectivity index (χ1) is 12.5. The van der Waals surface area contributed by atoms with E-state index in [4.69, 9.17) is 15.5 Å². The van der Waals surface area contributed by atoms with E-state index in [1.54, 1.807) is 0 Å². The second-order valence-electron chi connectivity index (χ2n) is 7.92. The lowest BCUT2D eigenvalue weighted by molar-refractivity contribution is 0.117. The van der Waals surface area contributed by atoms with Crippen molar-refractivity contribution < 1.29 is 4.74 Å². The Balaban J connectivity index is 1.76. The Kier molecular flexibility index (Phi) is 6.54. The molecular weight excluding hydrogens is 324 g/mol. The molecule has 3 atom stereocenters. The largest absolute Gasteiger partial charge is 0.376 e. The number of nitrogens with one attached hydrogen (secondary N) is 2. The maximum absolute atomic E-state index is 6.35. The summed E-state index contributed by atoms with van der Waals surface area (Å²) in [6.07, 6.45) is 7.13. The third-order valence-corrected chi connectivity index (χ3v) is 5.54. The summed E-state index contributed by atoms with van der Waals surface area (Å²) in [5.74, 6) is 0.831. The highest BCUT2D eigenvalue weighted by Gasteiger charge is 2.23. The lowest BCUT2D eigenvalue weighted by atomic mass is 9.91. The van der Waals surface area contributed by atoms with Crippen LogP contribution in [0.5, 0.6) is 0 Å². The van der Waals surface area contributed by atoms with Gasteiger partial charge < -0.3 is 21.1 Å². The summed E-state index contributed by atoms with van der Waals surface area (Å²) in [4.78, 5) is 4.85. The van der Waals surface area contributed by atoms with Crippen LogP contribution in [0.25, 0.3) is 0 Å². The van der Waals surface area contributed by atoms with Gasteiger partial charge in [0.15, 0.2) is 5.96 Å². The molecule has 0 aromatic heterocycles. The maximum atomic E-state index is 6.35. The summed E-state index contributed by atoms with van der Waals surface area (Å²) in [7, 11) is 0. The van der Waals surface area contributed by atoms with E-state index in [-0.39, 0.29) is 18.2 Å². The van der Waals surface area contributed by atoms with Gasteiger partial charge in [0.1, 0.15) is 0 Å². The SMILES string of the molecule is Cc1cc(C)c(NC(=NCC2CCCO2)N[C@H]2CCCC[C@@H]2N)c(C)c1. The molecule has 1 aliphatic carbocycles. The van der Waals surface area contributed by atoms with Gasteiger partial charge in [-0.05, 0) is 57.6 Å². The van der Waals surface area contributed by atoms with E-state index in [0.717, 1.165) is 43.9 Å². The van der Waals surface area contributed by atoms with E-state index < -0.39 is 0 Å². The molecule has 0 amide bonds. The Morgan fingerprint density at radius 2 is 1.85 bits per heavy atom. The minimum atomic E-state index is 0.193. The topological polar surface area (TPSA) is 71.7 Å². The van der Waals surface area contributed by atoms with Gasteiger partial charge in [-0.25, -0.2) is 0 Å². The molecule has 1 unspecified atom stereocenters. The number of hydrogen-bond donors (Lipinski definition) is 3. The number of nitrogens with zero attached hydrogens (tertiary/aromatic N) is 1. The van der Waals surface area contributed by atoms with E-state index in [2.05, 4.69) is 43.5 Å². The quantitative estimate of drug-likeness (QED) is 0.570. The zero-order chi connectivity index (χ0) is 18.5. The number of nitrogens with two attached hydrogens (primary N) is 1. The number of rotatable bonds is 4. The molecule has 144 valence electrons. The molecule has 0 spiro atoms. The van der Waals surface area contributed by atoms with E-state index in [0.29, 0.717) is 6.54 Å². The standard InChI is InChI=1S/C21H34N4O/c1-14-11-15(2)20(16(3)12-14)25-21(23-13-17-7-6-10-26-17)24-19-9-5-4-8-18(19)22/h11-12,17-19H,4-10,13,22H2,1-3H3,(H2,23,24,25)/t17?,18-,19-/m0/s1. The van der Waals surface area contributed by atoms with Gasteiger partial charge in [0.2, 0.25) is 0 Å². The molecule has 2 aliphatic rings. The van der Waals surface area contributed by atoms with Gasteiger partial charge in [0, 0.05) is 24.4 Å². The van der Waals surface area contributed by atoms with Crippen molar-refractivity contribution in [2.75, 3.05) is 18.5 Å². The van der Waals surface area contributed by atoms with Gasteiger partial charge in [-0.1, -0.05) is 30.5 Å². The van der Waals surface area contributed by atoms with Crippen molar-refractivity contribution in [3.8, 4) is 0 Å². The molecule has 4 N–H and O–H groups in total. The predicted molar refractivity (Wildman–Crippen MR) is 109 cm³/mol. The van der Waals surface area contributed by atoms with Crippen molar-refractivity contribution in [3.05, 3.63) is 28.8 Å². The maximum Gasteiger partial charge on any atom is 0.196 e. The molecule has 0 bridgehead atoms. The number of ether oxygens (including phenoxy) is 1. The molecule has 5 heteroatoms. The molecule has 1 heterocycles. The molecule has 1 saturated heterocycles. The first-order valence-corrected chi connectivity index (χ1v) is 10.1. The summed E-state index contributed by atoms with van der Waals surface area (Å²) >= 11 is 0. The van der Waals surface area contributed by atoms with Crippen LogP contribution in [0.1, 0.15) is 55.2 Å². The lowest BCUT2D eigenvalue weighted by Crippen LogP contribution is -2.51. The highest BCUT2D eigenvalue weighted by molar-refractivity contribution is 5.95. The number of hydrogen-bond acceptors (Lipinski definition) is 3. The number of benzene rings is 1. The Morgan fingerprint density at radius 1 is 1.12 bits per heavy atom. The van der Waals surface area contributed by atoms with Crippen molar-refractivity contribution in [1.29, 1.82) is 0 Å². The molecule has 1 aromatic rings. The lowest BCUT2D eigenvalue weighted by Gasteiger charge is -2.31. The van der Waals surface area contributed by atoms with Gasteiger partial charge in [-0.2, -0.15) is 0 Å². The fourth-order valence-electron chi connectivity index (χ4n) is 4.11. The van der Waals surface area contributed by atoms with Gasteiger partial charge in [0.25, 0.3) is 0 Å². The van der Waals surface area contributed by atoms with Crippen LogP contribution in [0, 0.1) is 20.8 Å². The van der Waals surface area contributed by atoms with Gasteiger partial charge in [-0.15, -0.1) is 0 Å². The van der Waals surface area contributed by atoms with Crippen molar-refractivity contribution in [2.45, 2.75) is 77.5 Å². The second-order valence-corrected chi connectivity index (χ2v) is 7.92. The molecule has 0 radical (unpaired) electrons. The Morgan fingerprint density at radius 3 is 2.50 bits per heavy atom. The van der Waals surface area contributed by atoms with Crippen molar-refractivity contribution in [2.24, 2.45) is 10.7 Å². The average Bonchev–Trinajstić information content (AvgIpc) is 3.11. The monoisotopic (exact) mass is 358 g/mol. The number of guanidine groups is 1. The average molecular weight is 359 g/mol. The van der Waals surface area contributed by atoms with Crippen LogP contribution in [0.3, 0.4) is 0 Å². The summed E-state index contributed by atoms with van der Waals surface area (Å²) in [5.41, 5.74) is 11.2. The smallest absolute Gasteiger partial charge is 0.196 e. The predicted octanol–water partition coefficient (Wildman–Crippen LogP) is 3.42. The Bertz CT molecular complexity index is 614. The number of anilines is 1. The molecule has 1 aliphatic heterocycles. The highest BCUT2D eigenvalue weighted by atomic mass is 16.5. The van der Waals surface area contributed by atoms with Crippen molar-refractivity contribution >= 4 is 11.6 Å². The second kappa shape index (κ2) is 8.87. The summed E-state index contributed by atoms with van der Waals surface area (Å²) in [6, 6.07) is 4.89. The Hall–Kier alpha value is -1.59. The molecule has 1 aromatic carbocycles. The highest BCUT2D eigenvalue weighted by Crippen LogP contribution is 2.23. The van der Waals surface area contributed by atoms with Crippen LogP contribution >= 0.6 is 0 Å². The minimum Gasteiger partial charge on any atom is -0.376 e. The van der Waals surface area contributed by atoms with E-state index in [9.17, 15) is 0 Å². The Labute approximate surface area is 157 Å². The number of aryl methyl sites for hydroxylation is 3. The third-order valence-electron chi connectivity index (χ3n) is 5.54. The third kappa shape index (κ3) is 4.98. The van der Waals surface area contributed by atoms with Crippen molar-refractivity contribution in [3.63, 3.8) is 0 Å². The van der Waals surface area contributed by atoms with Gasteiger partial charge in [0.05, 0.1) is 12.6 Å². The van der Waals surface area contributed by atoms with Crippen LogP contribution in [0.15, 0.2) is 17.1 Å². The van der Waals surface area contributed by atoms with Gasteiger partial charge in [-0.3, -0.25) is 4.99 Å². The summed E-state index contributed by atoms with van der Waals surface area (Å²) in [5, 5.41) is 7.17. The fourth-order valence-corrected chi connectivity index (χ4v) is 4.11. The first-order valence-electron chi connectivity index (χ1n) is 10.1. The minimum absolute atomic E-state index is 0.193. The van der Waals surface area contributed by atoms with E-state index in [1.807, 2.05) is 0 Å². The molecule has 3 rings (SSSR count). The normalized spacial score (nSPS) is 26.8. The van der Waals surface area contributed by atoms with Crippen LogP contribution in [-0.4, -0.2) is 37.3 Å². The van der Waals surface area contributed by atoms with Crippen LogP contribution in [-0.2, 0) is 4.74 Å². The van der Waals surface area contributed by atoms with Crippen LogP contribution in [0.4, 0.5) is 5.69 Å². The van der Waals surface area contributed by atoms with E-state index >= 15 is 0 Å². The molecule has 26 heavy (non-hydrogen) atoms. The first kappa shape index (κ1) is 19.2.